The van der Waals surface area contributed by atoms with Gasteiger partial charge in [-0.1, -0.05) is 12.1 Å². The number of nitrogens with zero attached hydrogens (tertiary/aromatic N) is 1. The van der Waals surface area contributed by atoms with E-state index in [9.17, 15) is 24.3 Å². The molecule has 2 rings (SSSR count). The predicted molar refractivity (Wildman–Crippen MR) is 71.8 cm³/mol. The third-order valence-corrected chi connectivity index (χ3v) is 3.41. The molecule has 1 aromatic carbocycles. The SMILES string of the molecule is CN(C(=O)c1c(O)cccc1C=O)C1CCC(=O)NC1=O. The van der Waals surface area contributed by atoms with Crippen LogP contribution in [-0.4, -0.2) is 47.1 Å². The van der Waals surface area contributed by atoms with Crippen LogP contribution in [0.1, 0.15) is 33.6 Å². The second-order valence-corrected chi connectivity index (χ2v) is 4.74. The number of imide groups is 1. The third-order valence-electron chi connectivity index (χ3n) is 3.41. The molecule has 2 N–H and O–H groups in total. The van der Waals surface area contributed by atoms with E-state index in [2.05, 4.69) is 5.32 Å². The smallest absolute Gasteiger partial charge is 0.258 e. The molecular formula is C14H14N2O5. The van der Waals surface area contributed by atoms with Crippen LogP contribution in [0.3, 0.4) is 0 Å². The van der Waals surface area contributed by atoms with Crippen molar-refractivity contribution in [3.63, 3.8) is 0 Å². The Labute approximate surface area is 120 Å². The fourth-order valence-electron chi connectivity index (χ4n) is 2.26. The first-order valence-corrected chi connectivity index (χ1v) is 6.33. The van der Waals surface area contributed by atoms with Gasteiger partial charge in [-0.2, -0.15) is 0 Å². The molecule has 0 radical (unpaired) electrons. The van der Waals surface area contributed by atoms with Gasteiger partial charge in [-0.25, -0.2) is 0 Å². The Morgan fingerprint density at radius 2 is 2.14 bits per heavy atom. The molecular weight excluding hydrogens is 276 g/mol. The molecule has 1 aromatic rings. The van der Waals surface area contributed by atoms with Gasteiger partial charge in [0.2, 0.25) is 11.8 Å². The van der Waals surface area contributed by atoms with E-state index in [1.807, 2.05) is 0 Å². The first-order valence-electron chi connectivity index (χ1n) is 6.33. The van der Waals surface area contributed by atoms with Crippen molar-refractivity contribution in [2.45, 2.75) is 18.9 Å². The van der Waals surface area contributed by atoms with Crippen LogP contribution in [0.15, 0.2) is 18.2 Å². The minimum absolute atomic E-state index is 0.0409. The number of phenolic OH excluding ortho intramolecular Hbond substituents is 1. The second kappa shape index (κ2) is 5.74. The van der Waals surface area contributed by atoms with Gasteiger partial charge in [-0.3, -0.25) is 24.5 Å². The number of phenols is 1. The van der Waals surface area contributed by atoms with Gasteiger partial charge in [0.05, 0.1) is 5.56 Å². The van der Waals surface area contributed by atoms with Crippen molar-refractivity contribution >= 4 is 24.0 Å². The lowest BCUT2D eigenvalue weighted by atomic mass is 10.0. The molecule has 7 nitrogen and oxygen atoms in total. The van der Waals surface area contributed by atoms with Gasteiger partial charge in [0, 0.05) is 19.0 Å². The van der Waals surface area contributed by atoms with Crippen LogP contribution in [0.2, 0.25) is 0 Å². The van der Waals surface area contributed by atoms with Gasteiger partial charge >= 0.3 is 0 Å². The van der Waals surface area contributed by atoms with Gasteiger partial charge in [0.25, 0.3) is 5.91 Å². The van der Waals surface area contributed by atoms with Crippen molar-refractivity contribution in [1.29, 1.82) is 0 Å². The van der Waals surface area contributed by atoms with Crippen molar-refractivity contribution in [3.05, 3.63) is 29.3 Å². The molecule has 3 amide bonds. The maximum absolute atomic E-state index is 12.4. The number of likely N-dealkylation sites (N-methyl/N-ethyl adjacent to an activating group) is 1. The molecule has 110 valence electrons. The fourth-order valence-corrected chi connectivity index (χ4v) is 2.26. The molecule has 1 aliphatic rings. The molecule has 1 unspecified atom stereocenters. The van der Waals surface area contributed by atoms with Crippen molar-refractivity contribution < 1.29 is 24.3 Å². The van der Waals surface area contributed by atoms with E-state index >= 15 is 0 Å². The van der Waals surface area contributed by atoms with Crippen LogP contribution in [0, 0.1) is 0 Å². The lowest BCUT2D eigenvalue weighted by Gasteiger charge is -2.30. The maximum Gasteiger partial charge on any atom is 0.258 e. The Balaban J connectivity index is 2.30. The summed E-state index contributed by atoms with van der Waals surface area (Å²) in [6.45, 7) is 0. The van der Waals surface area contributed by atoms with E-state index < -0.39 is 17.9 Å². The summed E-state index contributed by atoms with van der Waals surface area (Å²) in [5.41, 5.74) is -0.112. The molecule has 0 aromatic heterocycles. The number of carbonyl (C=O) groups excluding carboxylic acids is 4. The number of hydrogen-bond donors (Lipinski definition) is 2. The van der Waals surface area contributed by atoms with E-state index in [1.165, 1.54) is 25.2 Å². The summed E-state index contributed by atoms with van der Waals surface area (Å²) in [7, 11) is 1.39. The van der Waals surface area contributed by atoms with E-state index in [4.69, 9.17) is 0 Å². The summed E-state index contributed by atoms with van der Waals surface area (Å²) in [6.07, 6.45) is 0.803. The molecule has 1 aliphatic heterocycles. The molecule has 1 saturated heterocycles. The van der Waals surface area contributed by atoms with Gasteiger partial charge < -0.3 is 10.0 Å². The summed E-state index contributed by atoms with van der Waals surface area (Å²) < 4.78 is 0. The Morgan fingerprint density at radius 1 is 1.43 bits per heavy atom. The van der Waals surface area contributed by atoms with E-state index in [0.717, 1.165) is 4.90 Å². The topological polar surface area (TPSA) is 104 Å². The monoisotopic (exact) mass is 290 g/mol. The van der Waals surface area contributed by atoms with Crippen molar-refractivity contribution in [3.8, 4) is 5.75 Å². The van der Waals surface area contributed by atoms with Crippen molar-refractivity contribution in [1.82, 2.24) is 10.2 Å². The maximum atomic E-state index is 12.4. The quantitative estimate of drug-likeness (QED) is 0.606. The van der Waals surface area contributed by atoms with Crippen molar-refractivity contribution in [2.75, 3.05) is 7.05 Å². The number of benzene rings is 1. The Kier molecular flexibility index (Phi) is 4.02. The Hall–Kier alpha value is -2.70. The van der Waals surface area contributed by atoms with Gasteiger partial charge in [0.15, 0.2) is 6.29 Å². The number of aldehydes is 1. The summed E-state index contributed by atoms with van der Waals surface area (Å²) in [5, 5.41) is 11.9. The zero-order chi connectivity index (χ0) is 15.6. The summed E-state index contributed by atoms with van der Waals surface area (Å²) in [5.74, 6) is -1.92. The molecule has 0 saturated carbocycles. The standard InChI is InChI=1S/C14H14N2O5/c1-16(9-5-6-11(19)15-13(9)20)14(21)12-8(7-17)3-2-4-10(12)18/h2-4,7,9,18H,5-6H2,1H3,(H,15,19,20). The largest absolute Gasteiger partial charge is 0.507 e. The van der Waals surface area contributed by atoms with Crippen LogP contribution >= 0.6 is 0 Å². The average molecular weight is 290 g/mol. The minimum Gasteiger partial charge on any atom is -0.507 e. The summed E-state index contributed by atoms with van der Waals surface area (Å²) in [6, 6.07) is 3.33. The van der Waals surface area contributed by atoms with Gasteiger partial charge in [-0.05, 0) is 12.5 Å². The minimum atomic E-state index is -0.811. The number of piperidine rings is 1. The number of amides is 3. The first-order chi connectivity index (χ1) is 9.95. The van der Waals surface area contributed by atoms with Gasteiger partial charge in [0.1, 0.15) is 11.8 Å². The van der Waals surface area contributed by atoms with Crippen LogP contribution in [-0.2, 0) is 9.59 Å². The Bertz CT molecular complexity index is 626. The predicted octanol–water partition coefficient (Wildman–Crippen LogP) is 0.0819. The number of hydrogen-bond acceptors (Lipinski definition) is 5. The number of carbonyl (C=O) groups is 4. The average Bonchev–Trinajstić information content (AvgIpc) is 2.45. The van der Waals surface area contributed by atoms with E-state index in [1.54, 1.807) is 0 Å². The molecule has 1 atom stereocenters. The zero-order valence-corrected chi connectivity index (χ0v) is 11.3. The van der Waals surface area contributed by atoms with Crippen molar-refractivity contribution in [2.24, 2.45) is 0 Å². The highest BCUT2D eigenvalue weighted by Gasteiger charge is 2.33. The molecule has 0 aliphatic carbocycles. The molecule has 0 bridgehead atoms. The lowest BCUT2D eigenvalue weighted by Crippen LogP contribution is -2.53. The summed E-state index contributed by atoms with van der Waals surface area (Å²) in [4.78, 5) is 47.4. The molecule has 7 heteroatoms. The number of nitrogens with one attached hydrogen (secondary N) is 1. The highest BCUT2D eigenvalue weighted by molar-refractivity contribution is 6.07. The molecule has 0 spiro atoms. The van der Waals surface area contributed by atoms with Crippen LogP contribution in [0.4, 0.5) is 0 Å². The summed E-state index contributed by atoms with van der Waals surface area (Å²) >= 11 is 0. The number of aromatic hydroxyl groups is 1. The normalized spacial score (nSPS) is 18.0. The van der Waals surface area contributed by atoms with Crippen LogP contribution in [0.5, 0.6) is 5.75 Å². The molecule has 21 heavy (non-hydrogen) atoms. The first kappa shape index (κ1) is 14.7. The van der Waals surface area contributed by atoms with Crippen LogP contribution in [0.25, 0.3) is 0 Å². The highest BCUT2D eigenvalue weighted by Crippen LogP contribution is 2.23. The Morgan fingerprint density at radius 3 is 2.76 bits per heavy atom. The van der Waals surface area contributed by atoms with E-state index in [0.29, 0.717) is 6.29 Å². The lowest BCUT2D eigenvalue weighted by molar-refractivity contribution is -0.136. The van der Waals surface area contributed by atoms with Crippen LogP contribution < -0.4 is 5.32 Å². The molecule has 1 heterocycles. The zero-order valence-electron chi connectivity index (χ0n) is 11.3. The third kappa shape index (κ3) is 2.76. The fraction of sp³-hybridized carbons (Fsp3) is 0.286. The highest BCUT2D eigenvalue weighted by atomic mass is 16.3. The van der Waals surface area contributed by atoms with Gasteiger partial charge in [-0.15, -0.1) is 0 Å². The van der Waals surface area contributed by atoms with E-state index in [-0.39, 0.29) is 35.6 Å². The molecule has 1 fully saturated rings. The second-order valence-electron chi connectivity index (χ2n) is 4.74. The number of rotatable bonds is 3.